The van der Waals surface area contributed by atoms with E-state index in [2.05, 4.69) is 5.10 Å². The SMILES string of the molecule is CCOC(=O)Cn1c(C)cc(=O)n2ncc(C(=O)OCC)c12. The summed E-state index contributed by atoms with van der Waals surface area (Å²) in [5, 5.41) is 3.91. The van der Waals surface area contributed by atoms with Gasteiger partial charge in [0.25, 0.3) is 5.56 Å². The Balaban J connectivity index is 2.62. The van der Waals surface area contributed by atoms with Gasteiger partial charge in [-0.15, -0.1) is 0 Å². The summed E-state index contributed by atoms with van der Waals surface area (Å²) in [5.41, 5.74) is 0.489. The van der Waals surface area contributed by atoms with Crippen LogP contribution in [-0.4, -0.2) is 39.3 Å². The molecule has 0 aliphatic heterocycles. The summed E-state index contributed by atoms with van der Waals surface area (Å²) in [4.78, 5) is 35.7. The van der Waals surface area contributed by atoms with E-state index in [0.717, 1.165) is 4.52 Å². The van der Waals surface area contributed by atoms with Crippen molar-refractivity contribution >= 4 is 17.6 Å². The summed E-state index contributed by atoms with van der Waals surface area (Å²) in [6.45, 7) is 5.38. The molecule has 22 heavy (non-hydrogen) atoms. The summed E-state index contributed by atoms with van der Waals surface area (Å²) in [6.07, 6.45) is 1.26. The average molecular weight is 307 g/mol. The van der Waals surface area contributed by atoms with Crippen molar-refractivity contribution in [2.24, 2.45) is 0 Å². The standard InChI is InChI=1S/C14H17N3O5/c1-4-21-12(19)8-16-9(3)6-11(18)17-13(16)10(7-15-17)14(20)22-5-2/h6-7H,4-5,8H2,1-3H3. The smallest absolute Gasteiger partial charge is 0.343 e. The second kappa shape index (κ2) is 6.42. The van der Waals surface area contributed by atoms with Gasteiger partial charge in [-0.1, -0.05) is 0 Å². The van der Waals surface area contributed by atoms with Gasteiger partial charge in [0.1, 0.15) is 12.1 Å². The average Bonchev–Trinajstić information content (AvgIpc) is 2.89. The van der Waals surface area contributed by atoms with Crippen LogP contribution in [0.5, 0.6) is 0 Å². The van der Waals surface area contributed by atoms with Crippen molar-refractivity contribution in [3.63, 3.8) is 0 Å². The first-order valence-electron chi connectivity index (χ1n) is 6.90. The molecule has 0 amide bonds. The molecule has 0 bridgehead atoms. The molecule has 0 unspecified atom stereocenters. The van der Waals surface area contributed by atoms with Gasteiger partial charge in [0.15, 0.2) is 5.65 Å². The third-order valence-electron chi connectivity index (χ3n) is 3.05. The van der Waals surface area contributed by atoms with Crippen LogP contribution in [0.25, 0.3) is 5.65 Å². The molecule has 8 nitrogen and oxygen atoms in total. The first-order chi connectivity index (χ1) is 10.5. The van der Waals surface area contributed by atoms with Crippen LogP contribution in [0.3, 0.4) is 0 Å². The van der Waals surface area contributed by atoms with Crippen molar-refractivity contribution in [2.45, 2.75) is 27.3 Å². The van der Waals surface area contributed by atoms with Gasteiger partial charge >= 0.3 is 11.9 Å². The highest BCUT2D eigenvalue weighted by Gasteiger charge is 2.20. The fourth-order valence-electron chi connectivity index (χ4n) is 2.14. The highest BCUT2D eigenvalue weighted by atomic mass is 16.5. The third-order valence-corrected chi connectivity index (χ3v) is 3.05. The number of esters is 2. The second-order valence-corrected chi connectivity index (χ2v) is 4.53. The number of carbonyl (C=O) groups excluding carboxylic acids is 2. The Morgan fingerprint density at radius 3 is 2.55 bits per heavy atom. The number of hydrogen-bond donors (Lipinski definition) is 0. The van der Waals surface area contributed by atoms with Crippen LogP contribution in [0.15, 0.2) is 17.1 Å². The molecule has 118 valence electrons. The fraction of sp³-hybridized carbons (Fsp3) is 0.429. The molecule has 2 aromatic rings. The molecule has 0 saturated heterocycles. The van der Waals surface area contributed by atoms with E-state index in [1.807, 2.05) is 0 Å². The molecular formula is C14H17N3O5. The molecule has 0 aliphatic carbocycles. The Morgan fingerprint density at radius 2 is 1.91 bits per heavy atom. The number of nitrogens with zero attached hydrogens (tertiary/aromatic N) is 3. The van der Waals surface area contributed by atoms with Gasteiger partial charge in [0.2, 0.25) is 0 Å². The van der Waals surface area contributed by atoms with E-state index < -0.39 is 11.9 Å². The molecule has 0 aromatic carbocycles. The fourth-order valence-corrected chi connectivity index (χ4v) is 2.14. The Kier molecular flexibility index (Phi) is 4.59. The monoisotopic (exact) mass is 307 g/mol. The maximum Gasteiger partial charge on any atom is 0.343 e. The number of ether oxygens (including phenoxy) is 2. The molecule has 0 N–H and O–H groups in total. The maximum absolute atomic E-state index is 12.0. The van der Waals surface area contributed by atoms with Gasteiger partial charge in [0.05, 0.1) is 19.4 Å². The lowest BCUT2D eigenvalue weighted by atomic mass is 10.3. The van der Waals surface area contributed by atoms with Crippen LogP contribution >= 0.6 is 0 Å². The zero-order valence-electron chi connectivity index (χ0n) is 12.7. The summed E-state index contributed by atoms with van der Waals surface area (Å²) >= 11 is 0. The zero-order chi connectivity index (χ0) is 16.3. The summed E-state index contributed by atoms with van der Waals surface area (Å²) in [6, 6.07) is 1.34. The van der Waals surface area contributed by atoms with Crippen molar-refractivity contribution in [2.75, 3.05) is 13.2 Å². The number of aromatic nitrogens is 3. The van der Waals surface area contributed by atoms with Gasteiger partial charge in [0, 0.05) is 11.8 Å². The van der Waals surface area contributed by atoms with Crippen molar-refractivity contribution in [3.8, 4) is 0 Å². The van der Waals surface area contributed by atoms with Crippen molar-refractivity contribution in [1.82, 2.24) is 14.2 Å². The lowest BCUT2D eigenvalue weighted by Crippen LogP contribution is -2.24. The van der Waals surface area contributed by atoms with Crippen LogP contribution in [0.2, 0.25) is 0 Å². The molecule has 0 spiro atoms. The molecule has 8 heteroatoms. The van der Waals surface area contributed by atoms with Crippen LogP contribution < -0.4 is 5.56 Å². The molecule has 0 atom stereocenters. The molecule has 0 radical (unpaired) electrons. The molecule has 0 fully saturated rings. The molecule has 2 heterocycles. The highest BCUT2D eigenvalue weighted by molar-refractivity contribution is 5.96. The van der Waals surface area contributed by atoms with Crippen LogP contribution in [0, 0.1) is 6.92 Å². The van der Waals surface area contributed by atoms with Gasteiger partial charge < -0.3 is 14.0 Å². The summed E-state index contributed by atoms with van der Waals surface area (Å²) in [7, 11) is 0. The predicted molar refractivity (Wildman–Crippen MR) is 76.8 cm³/mol. The minimum Gasteiger partial charge on any atom is -0.465 e. The largest absolute Gasteiger partial charge is 0.465 e. The van der Waals surface area contributed by atoms with E-state index in [9.17, 15) is 14.4 Å². The first kappa shape index (κ1) is 15.7. The minimum atomic E-state index is -0.597. The van der Waals surface area contributed by atoms with Crippen LogP contribution in [-0.2, 0) is 20.8 Å². The van der Waals surface area contributed by atoms with E-state index in [-0.39, 0.29) is 36.5 Å². The normalized spacial score (nSPS) is 10.7. The van der Waals surface area contributed by atoms with Crippen molar-refractivity contribution in [1.29, 1.82) is 0 Å². The van der Waals surface area contributed by atoms with Gasteiger partial charge in [-0.25, -0.2) is 4.79 Å². The number of fused-ring (bicyclic) bond motifs is 1. The zero-order valence-corrected chi connectivity index (χ0v) is 12.7. The van der Waals surface area contributed by atoms with E-state index in [4.69, 9.17) is 9.47 Å². The molecule has 0 aliphatic rings. The maximum atomic E-state index is 12.0. The Hall–Kier alpha value is -2.64. The van der Waals surface area contributed by atoms with E-state index in [1.165, 1.54) is 16.8 Å². The minimum absolute atomic E-state index is 0.123. The van der Waals surface area contributed by atoms with Gasteiger partial charge in [-0.3, -0.25) is 9.59 Å². The third kappa shape index (κ3) is 2.85. The van der Waals surface area contributed by atoms with Gasteiger partial charge in [-0.05, 0) is 20.8 Å². The van der Waals surface area contributed by atoms with Crippen LogP contribution in [0.4, 0.5) is 0 Å². The van der Waals surface area contributed by atoms with Crippen molar-refractivity contribution in [3.05, 3.63) is 33.9 Å². The Morgan fingerprint density at radius 1 is 1.23 bits per heavy atom. The molecule has 2 aromatic heterocycles. The van der Waals surface area contributed by atoms with E-state index in [1.54, 1.807) is 20.8 Å². The Labute approximate surface area is 126 Å². The molecular weight excluding hydrogens is 290 g/mol. The predicted octanol–water partition coefficient (Wildman–Crippen LogP) is 0.544. The quantitative estimate of drug-likeness (QED) is 0.749. The second-order valence-electron chi connectivity index (χ2n) is 4.53. The first-order valence-corrected chi connectivity index (χ1v) is 6.90. The molecule has 0 saturated carbocycles. The number of hydrogen-bond acceptors (Lipinski definition) is 6. The number of carbonyl (C=O) groups is 2. The summed E-state index contributed by atoms with van der Waals surface area (Å²) < 4.78 is 12.5. The lowest BCUT2D eigenvalue weighted by Gasteiger charge is -2.13. The number of aryl methyl sites for hydroxylation is 1. The lowest BCUT2D eigenvalue weighted by molar-refractivity contribution is -0.143. The van der Waals surface area contributed by atoms with E-state index >= 15 is 0 Å². The van der Waals surface area contributed by atoms with Crippen molar-refractivity contribution < 1.29 is 19.1 Å². The number of rotatable bonds is 5. The highest BCUT2D eigenvalue weighted by Crippen LogP contribution is 2.13. The van der Waals surface area contributed by atoms with Gasteiger partial charge in [-0.2, -0.15) is 9.61 Å². The molecule has 2 rings (SSSR count). The Bertz CT molecular complexity index is 775. The van der Waals surface area contributed by atoms with E-state index in [0.29, 0.717) is 5.69 Å². The topological polar surface area (TPSA) is 91.9 Å². The summed E-state index contributed by atoms with van der Waals surface area (Å²) in [5.74, 6) is -1.06. The van der Waals surface area contributed by atoms with Crippen LogP contribution in [0.1, 0.15) is 29.9 Å².